The van der Waals surface area contributed by atoms with E-state index in [1.165, 1.54) is 0 Å². The molecule has 1 fully saturated rings. The largest absolute Gasteiger partial charge is 0.445 e. The lowest BCUT2D eigenvalue weighted by Crippen LogP contribution is -2.52. The Morgan fingerprint density at radius 3 is 2.67 bits per heavy atom. The number of rotatable bonds is 5. The minimum atomic E-state index is -3.01. The van der Waals surface area contributed by atoms with Crippen molar-refractivity contribution in [3.05, 3.63) is 53.9 Å². The Bertz CT molecular complexity index is 756. The first-order chi connectivity index (χ1) is 12.9. The number of carbonyl (C=O) groups is 1. The van der Waals surface area contributed by atoms with E-state index >= 15 is 0 Å². The topological polar surface area (TPSA) is 67.3 Å². The zero-order chi connectivity index (χ0) is 19.3. The number of carbonyl (C=O) groups excluding carboxylic acids is 1. The second-order valence-corrected chi connectivity index (χ2v) is 6.66. The van der Waals surface area contributed by atoms with Gasteiger partial charge in [-0.15, -0.1) is 0 Å². The lowest BCUT2D eigenvalue weighted by Gasteiger charge is -2.37. The monoisotopic (exact) mass is 376 g/mol. The van der Waals surface area contributed by atoms with Gasteiger partial charge in [-0.1, -0.05) is 29.8 Å². The molecule has 0 aliphatic carbocycles. The summed E-state index contributed by atoms with van der Waals surface area (Å²) in [7, 11) is 0. The molecule has 27 heavy (non-hydrogen) atoms. The summed E-state index contributed by atoms with van der Waals surface area (Å²) in [5.41, 5.74) is 1.92. The van der Waals surface area contributed by atoms with Crippen molar-refractivity contribution in [2.75, 3.05) is 25.0 Å². The van der Waals surface area contributed by atoms with Crippen molar-refractivity contribution in [1.29, 1.82) is 0 Å². The van der Waals surface area contributed by atoms with E-state index in [0.717, 1.165) is 16.0 Å². The summed E-state index contributed by atoms with van der Waals surface area (Å²) in [6.45, 7) is 1.65. The molecule has 1 aliphatic heterocycles. The van der Waals surface area contributed by atoms with Crippen LogP contribution in [0.4, 0.5) is 19.5 Å². The summed E-state index contributed by atoms with van der Waals surface area (Å²) in [5.74, 6) is -3.60. The number of halogens is 2. The lowest BCUT2D eigenvalue weighted by atomic mass is 9.93. The van der Waals surface area contributed by atoms with E-state index in [4.69, 9.17) is 4.74 Å². The van der Waals surface area contributed by atoms with Crippen LogP contribution in [0.5, 0.6) is 0 Å². The van der Waals surface area contributed by atoms with Crippen molar-refractivity contribution in [3.8, 4) is 0 Å². The van der Waals surface area contributed by atoms with Crippen LogP contribution in [0.1, 0.15) is 17.5 Å². The third-order valence-corrected chi connectivity index (χ3v) is 4.56. The molecule has 0 radical (unpaired) electrons. The fourth-order valence-corrected chi connectivity index (χ4v) is 2.92. The molecular formula is C19H22F2N4O2. The number of benzene rings is 1. The van der Waals surface area contributed by atoms with Gasteiger partial charge in [0.05, 0.1) is 6.54 Å². The second-order valence-electron chi connectivity index (χ2n) is 6.66. The van der Waals surface area contributed by atoms with Gasteiger partial charge < -0.3 is 15.0 Å². The van der Waals surface area contributed by atoms with Gasteiger partial charge in [0.25, 0.3) is 5.92 Å². The molecule has 1 atom stereocenters. The molecule has 1 aromatic carbocycles. The first-order valence-electron chi connectivity index (χ1n) is 8.80. The summed E-state index contributed by atoms with van der Waals surface area (Å²) >= 11 is 0. The molecule has 1 aliphatic rings. The number of aryl methyl sites for hydroxylation is 1. The number of aromatic nitrogens is 2. The van der Waals surface area contributed by atoms with Gasteiger partial charge in [-0.25, -0.2) is 23.5 Å². The normalized spacial score (nSPS) is 18.8. The number of anilines is 1. The maximum absolute atomic E-state index is 14.5. The van der Waals surface area contributed by atoms with Gasteiger partial charge in [-0.2, -0.15) is 0 Å². The van der Waals surface area contributed by atoms with Crippen molar-refractivity contribution < 1.29 is 18.3 Å². The molecule has 2 aromatic rings. The van der Waals surface area contributed by atoms with Gasteiger partial charge in [0.2, 0.25) is 5.95 Å². The Morgan fingerprint density at radius 1 is 1.30 bits per heavy atom. The van der Waals surface area contributed by atoms with Crippen LogP contribution in [0.15, 0.2) is 42.7 Å². The van der Waals surface area contributed by atoms with Crippen molar-refractivity contribution in [2.45, 2.75) is 25.9 Å². The molecule has 1 saturated heterocycles. The van der Waals surface area contributed by atoms with Gasteiger partial charge in [-0.3, -0.25) is 0 Å². The maximum atomic E-state index is 14.5. The van der Waals surface area contributed by atoms with Gasteiger partial charge in [-0.05, 0) is 25.0 Å². The smallest absolute Gasteiger partial charge is 0.410 e. The number of hydrogen-bond donors (Lipinski definition) is 1. The average Bonchev–Trinajstić information content (AvgIpc) is 2.66. The van der Waals surface area contributed by atoms with Gasteiger partial charge in [0.1, 0.15) is 6.61 Å². The van der Waals surface area contributed by atoms with Crippen molar-refractivity contribution in [2.24, 2.45) is 5.92 Å². The van der Waals surface area contributed by atoms with Gasteiger partial charge in [0.15, 0.2) is 0 Å². The fraction of sp³-hybridized carbons (Fsp3) is 0.421. The number of piperidine rings is 1. The van der Waals surface area contributed by atoms with Gasteiger partial charge >= 0.3 is 6.09 Å². The molecule has 0 saturated carbocycles. The minimum Gasteiger partial charge on any atom is -0.445 e. The van der Waals surface area contributed by atoms with Crippen LogP contribution in [0.25, 0.3) is 0 Å². The Labute approximate surface area is 156 Å². The average molecular weight is 376 g/mol. The minimum absolute atomic E-state index is 0.0449. The molecule has 0 bridgehead atoms. The number of amides is 1. The zero-order valence-corrected chi connectivity index (χ0v) is 15.1. The van der Waals surface area contributed by atoms with E-state index in [1.807, 2.05) is 31.2 Å². The molecule has 1 amide bonds. The van der Waals surface area contributed by atoms with E-state index in [1.54, 1.807) is 18.5 Å². The number of likely N-dealkylation sites (tertiary alicyclic amines) is 1. The third-order valence-electron chi connectivity index (χ3n) is 4.56. The van der Waals surface area contributed by atoms with E-state index in [2.05, 4.69) is 15.3 Å². The molecule has 1 N–H and O–H groups in total. The summed E-state index contributed by atoms with van der Waals surface area (Å²) < 4.78 is 34.1. The van der Waals surface area contributed by atoms with E-state index < -0.39 is 24.5 Å². The maximum Gasteiger partial charge on any atom is 0.410 e. The van der Waals surface area contributed by atoms with Gasteiger partial charge in [0, 0.05) is 31.4 Å². The number of alkyl halides is 2. The first kappa shape index (κ1) is 19.0. The van der Waals surface area contributed by atoms with E-state index in [0.29, 0.717) is 5.95 Å². The van der Waals surface area contributed by atoms with Crippen LogP contribution in [-0.2, 0) is 11.3 Å². The standard InChI is InChI=1S/C19H22F2N4O2/c1-14-3-5-15(6-4-14)12-27-18(26)25-10-7-16(19(20,21)13-25)11-24-17-22-8-2-9-23-17/h2-6,8-9,16H,7,10-13H2,1H3,(H,22,23,24). The Hall–Kier alpha value is -2.77. The molecule has 1 aromatic heterocycles. The molecule has 8 heteroatoms. The number of nitrogens with one attached hydrogen (secondary N) is 1. The molecule has 2 heterocycles. The quantitative estimate of drug-likeness (QED) is 0.865. The zero-order valence-electron chi connectivity index (χ0n) is 15.1. The van der Waals surface area contributed by atoms with E-state index in [9.17, 15) is 13.6 Å². The fourth-order valence-electron chi connectivity index (χ4n) is 2.92. The summed E-state index contributed by atoms with van der Waals surface area (Å²) in [5, 5.41) is 2.83. The first-order valence-corrected chi connectivity index (χ1v) is 8.80. The van der Waals surface area contributed by atoms with Crippen molar-refractivity contribution >= 4 is 12.0 Å². The number of nitrogens with zero attached hydrogens (tertiary/aromatic N) is 3. The lowest BCUT2D eigenvalue weighted by molar-refractivity contribution is -0.102. The molecule has 6 nitrogen and oxygen atoms in total. The predicted octanol–water partition coefficient (Wildman–Crippen LogP) is 3.49. The Kier molecular flexibility index (Phi) is 5.83. The molecule has 144 valence electrons. The summed E-state index contributed by atoms with van der Waals surface area (Å²) in [4.78, 5) is 21.1. The summed E-state index contributed by atoms with van der Waals surface area (Å²) in [6.07, 6.45) is 2.54. The third kappa shape index (κ3) is 5.12. The molecular weight excluding hydrogens is 354 g/mol. The molecule has 3 rings (SSSR count). The number of ether oxygens (including phenoxy) is 1. The molecule has 1 unspecified atom stereocenters. The number of hydrogen-bond acceptors (Lipinski definition) is 5. The highest BCUT2D eigenvalue weighted by Crippen LogP contribution is 2.33. The Morgan fingerprint density at radius 2 is 2.00 bits per heavy atom. The highest BCUT2D eigenvalue weighted by atomic mass is 19.3. The van der Waals surface area contributed by atoms with Crippen molar-refractivity contribution in [1.82, 2.24) is 14.9 Å². The highest BCUT2D eigenvalue weighted by Gasteiger charge is 2.46. The highest BCUT2D eigenvalue weighted by molar-refractivity contribution is 5.68. The molecule has 0 spiro atoms. The van der Waals surface area contributed by atoms with Crippen LogP contribution in [-0.4, -0.2) is 46.5 Å². The van der Waals surface area contributed by atoms with E-state index in [-0.39, 0.29) is 26.1 Å². The van der Waals surface area contributed by atoms with Crippen LogP contribution >= 0.6 is 0 Å². The van der Waals surface area contributed by atoms with Crippen LogP contribution in [0.3, 0.4) is 0 Å². The van der Waals surface area contributed by atoms with Crippen LogP contribution < -0.4 is 5.32 Å². The predicted molar refractivity (Wildman–Crippen MR) is 96.5 cm³/mol. The second kappa shape index (κ2) is 8.28. The van der Waals surface area contributed by atoms with Crippen molar-refractivity contribution in [3.63, 3.8) is 0 Å². The SMILES string of the molecule is Cc1ccc(COC(=O)N2CCC(CNc3ncccn3)C(F)(F)C2)cc1. The van der Waals surface area contributed by atoms with Crippen LogP contribution in [0.2, 0.25) is 0 Å². The summed E-state index contributed by atoms with van der Waals surface area (Å²) in [6, 6.07) is 9.17. The Balaban J connectivity index is 1.49. The van der Waals surface area contributed by atoms with Crippen LogP contribution in [0, 0.1) is 12.8 Å².